The van der Waals surface area contributed by atoms with Crippen LogP contribution in [-0.4, -0.2) is 23.0 Å². The Hall–Kier alpha value is -1.39. The van der Waals surface area contributed by atoms with Crippen LogP contribution in [0.1, 0.15) is 22.5 Å². The summed E-state index contributed by atoms with van der Waals surface area (Å²) in [4.78, 5) is 24.3. The van der Waals surface area contributed by atoms with Gasteiger partial charge in [0.25, 0.3) is 6.43 Å². The zero-order valence-corrected chi connectivity index (χ0v) is 10.5. The van der Waals surface area contributed by atoms with Crippen LogP contribution in [0.4, 0.5) is 14.5 Å². The molecule has 0 fully saturated rings. The number of carbonyl (C=O) groups is 1. The van der Waals surface area contributed by atoms with Crippen molar-refractivity contribution in [3.63, 3.8) is 0 Å². The molecule has 1 aromatic heterocycles. The van der Waals surface area contributed by atoms with Gasteiger partial charge in [-0.3, -0.25) is 10.1 Å². The molecule has 0 radical (unpaired) electrons. The van der Waals surface area contributed by atoms with Crippen molar-refractivity contribution in [3.05, 3.63) is 31.1 Å². The van der Waals surface area contributed by atoms with Gasteiger partial charge in [0.2, 0.25) is 5.69 Å². The van der Waals surface area contributed by atoms with Crippen LogP contribution in [0.5, 0.6) is 0 Å². The molecular weight excluding hydrogens is 353 g/mol. The molecule has 0 saturated carbocycles. The van der Waals surface area contributed by atoms with Gasteiger partial charge in [-0.1, -0.05) is 0 Å². The number of rotatable bonds is 3. The molecule has 6 nitrogen and oxygen atoms in total. The molecule has 0 atom stereocenters. The molecule has 0 unspecified atom stereocenters. The second-order valence-electron chi connectivity index (χ2n) is 2.77. The topological polar surface area (TPSA) is 82.3 Å². The van der Waals surface area contributed by atoms with Crippen molar-refractivity contribution in [2.75, 3.05) is 7.11 Å². The third-order valence-corrected chi connectivity index (χ3v) is 2.68. The Morgan fingerprint density at radius 3 is 2.65 bits per heavy atom. The van der Waals surface area contributed by atoms with Gasteiger partial charge in [0.1, 0.15) is 5.56 Å². The van der Waals surface area contributed by atoms with Crippen LogP contribution < -0.4 is 0 Å². The monoisotopic (exact) mass is 358 g/mol. The molecule has 1 rings (SSSR count). The lowest BCUT2D eigenvalue weighted by molar-refractivity contribution is -0.387. The van der Waals surface area contributed by atoms with Crippen LogP contribution in [0.2, 0.25) is 0 Å². The van der Waals surface area contributed by atoms with Crippen molar-refractivity contribution in [1.82, 2.24) is 4.98 Å². The Morgan fingerprint density at radius 1 is 1.65 bits per heavy atom. The van der Waals surface area contributed by atoms with E-state index in [1.54, 1.807) is 0 Å². The minimum absolute atomic E-state index is 0.0862. The van der Waals surface area contributed by atoms with Crippen molar-refractivity contribution in [2.24, 2.45) is 0 Å². The number of pyridine rings is 1. The molecule has 0 bridgehead atoms. The molecule has 9 heteroatoms. The van der Waals surface area contributed by atoms with Gasteiger partial charge in [-0.05, 0) is 22.6 Å². The number of nitrogens with zero attached hydrogens (tertiary/aromatic N) is 2. The molecule has 17 heavy (non-hydrogen) atoms. The summed E-state index contributed by atoms with van der Waals surface area (Å²) >= 11 is 1.49. The Labute approximate surface area is 107 Å². The highest BCUT2D eigenvalue weighted by Crippen LogP contribution is 2.34. The molecule has 0 aliphatic carbocycles. The summed E-state index contributed by atoms with van der Waals surface area (Å²) in [5.41, 5.74) is -2.57. The fourth-order valence-electron chi connectivity index (χ4n) is 1.13. The van der Waals surface area contributed by atoms with Crippen LogP contribution in [0, 0.1) is 13.7 Å². The maximum absolute atomic E-state index is 12.7. The van der Waals surface area contributed by atoms with Crippen LogP contribution in [0.3, 0.4) is 0 Å². The molecule has 0 amide bonds. The van der Waals surface area contributed by atoms with Crippen LogP contribution in [-0.2, 0) is 4.74 Å². The smallest absolute Gasteiger partial charge is 0.363 e. The maximum Gasteiger partial charge on any atom is 0.363 e. The third-order valence-electron chi connectivity index (χ3n) is 1.82. The molecule has 1 heterocycles. The molecule has 0 spiro atoms. The molecule has 0 aliphatic rings. The Morgan fingerprint density at radius 2 is 2.24 bits per heavy atom. The first-order valence-corrected chi connectivity index (χ1v) is 5.17. The second kappa shape index (κ2) is 5.29. The van der Waals surface area contributed by atoms with Gasteiger partial charge in [-0.2, -0.15) is 0 Å². The summed E-state index contributed by atoms with van der Waals surface area (Å²) in [5, 5.41) is 10.7. The van der Waals surface area contributed by atoms with Gasteiger partial charge in [-0.15, -0.1) is 0 Å². The van der Waals surface area contributed by atoms with Gasteiger partial charge in [0.05, 0.1) is 12.0 Å². The van der Waals surface area contributed by atoms with E-state index >= 15 is 0 Å². The fourth-order valence-corrected chi connectivity index (χ4v) is 1.76. The van der Waals surface area contributed by atoms with E-state index in [1.165, 1.54) is 22.6 Å². The number of carbonyl (C=O) groups excluding carboxylic acids is 1. The number of hydrogen-bond acceptors (Lipinski definition) is 5. The number of aromatic nitrogens is 1. The Balaban J connectivity index is 3.59. The van der Waals surface area contributed by atoms with E-state index in [-0.39, 0.29) is 3.57 Å². The van der Waals surface area contributed by atoms with E-state index in [1.807, 2.05) is 0 Å². The number of halogens is 3. The minimum Gasteiger partial charge on any atom is -0.464 e. The first kappa shape index (κ1) is 13.7. The summed E-state index contributed by atoms with van der Waals surface area (Å²) < 4.78 is 29.6. The Kier molecular flexibility index (Phi) is 4.26. The van der Waals surface area contributed by atoms with Crippen molar-refractivity contribution in [2.45, 2.75) is 6.43 Å². The first-order chi connectivity index (χ1) is 7.90. The summed E-state index contributed by atoms with van der Waals surface area (Å²) in [7, 11) is 0.980. The van der Waals surface area contributed by atoms with E-state index in [0.717, 1.165) is 13.3 Å². The highest BCUT2D eigenvalue weighted by Gasteiger charge is 2.33. The quantitative estimate of drug-likeness (QED) is 0.359. The largest absolute Gasteiger partial charge is 0.464 e. The lowest BCUT2D eigenvalue weighted by Crippen LogP contribution is -2.12. The standard InChI is InChI=1S/C8H5F2IN2O4/c1-17-8(14)5-6(13(15)16)4(7(9)10)3(11)2-12-5/h2,7H,1H3. The highest BCUT2D eigenvalue weighted by molar-refractivity contribution is 14.1. The van der Waals surface area contributed by atoms with Gasteiger partial charge in [-0.25, -0.2) is 18.6 Å². The fraction of sp³-hybridized carbons (Fsp3) is 0.250. The molecular formula is C8H5F2IN2O4. The average molecular weight is 358 g/mol. The molecule has 1 aromatic rings. The number of esters is 1. The summed E-state index contributed by atoms with van der Waals surface area (Å²) in [5.74, 6) is -1.13. The predicted octanol–water partition coefficient (Wildman–Crippen LogP) is 2.32. The predicted molar refractivity (Wildman–Crippen MR) is 59.9 cm³/mol. The van der Waals surface area contributed by atoms with E-state index in [2.05, 4.69) is 9.72 Å². The molecule has 0 aliphatic heterocycles. The van der Waals surface area contributed by atoms with Gasteiger partial charge in [0, 0.05) is 9.77 Å². The first-order valence-electron chi connectivity index (χ1n) is 4.09. The van der Waals surface area contributed by atoms with Crippen molar-refractivity contribution in [1.29, 1.82) is 0 Å². The number of methoxy groups -OCH3 is 1. The number of hydrogen-bond donors (Lipinski definition) is 0. The molecule has 92 valence electrons. The maximum atomic E-state index is 12.7. The second-order valence-corrected chi connectivity index (χ2v) is 3.93. The SMILES string of the molecule is COC(=O)c1ncc(I)c(C(F)F)c1[N+](=O)[O-]. The van der Waals surface area contributed by atoms with Crippen molar-refractivity contribution >= 4 is 34.2 Å². The van der Waals surface area contributed by atoms with Crippen LogP contribution in [0.25, 0.3) is 0 Å². The molecule has 0 N–H and O–H groups in total. The average Bonchev–Trinajstić information content (AvgIpc) is 2.26. The number of nitro groups is 1. The van der Waals surface area contributed by atoms with E-state index in [0.29, 0.717) is 0 Å². The van der Waals surface area contributed by atoms with E-state index in [4.69, 9.17) is 0 Å². The van der Waals surface area contributed by atoms with Gasteiger partial charge in [0.15, 0.2) is 0 Å². The molecule has 0 saturated heterocycles. The highest BCUT2D eigenvalue weighted by atomic mass is 127. The lowest BCUT2D eigenvalue weighted by Gasteiger charge is -2.07. The zero-order valence-electron chi connectivity index (χ0n) is 8.32. The van der Waals surface area contributed by atoms with Crippen LogP contribution in [0.15, 0.2) is 6.20 Å². The summed E-state index contributed by atoms with van der Waals surface area (Å²) in [6.45, 7) is 0. The van der Waals surface area contributed by atoms with Gasteiger partial charge >= 0.3 is 11.7 Å². The van der Waals surface area contributed by atoms with E-state index < -0.39 is 34.3 Å². The van der Waals surface area contributed by atoms with Crippen molar-refractivity contribution < 1.29 is 23.2 Å². The number of ether oxygens (including phenoxy) is 1. The number of alkyl halides is 2. The Bertz CT molecular complexity index is 481. The van der Waals surface area contributed by atoms with Gasteiger partial charge < -0.3 is 4.74 Å². The zero-order chi connectivity index (χ0) is 13.2. The lowest BCUT2D eigenvalue weighted by atomic mass is 10.2. The normalized spacial score (nSPS) is 10.4. The minimum atomic E-state index is -3.08. The third kappa shape index (κ3) is 2.65. The summed E-state index contributed by atoms with van der Waals surface area (Å²) in [6, 6.07) is 0. The summed E-state index contributed by atoms with van der Waals surface area (Å²) in [6.07, 6.45) is -2.12. The van der Waals surface area contributed by atoms with Crippen LogP contribution >= 0.6 is 22.6 Å². The van der Waals surface area contributed by atoms with Crippen molar-refractivity contribution in [3.8, 4) is 0 Å². The van der Waals surface area contributed by atoms with E-state index in [9.17, 15) is 23.7 Å². The molecule has 0 aromatic carbocycles.